The molecule has 0 radical (unpaired) electrons. The highest BCUT2D eigenvalue weighted by Gasteiger charge is 2.15. The number of aryl methyl sites for hydroxylation is 1. The fraction of sp³-hybridized carbons (Fsp3) is 0.200. The van der Waals surface area contributed by atoms with Crippen molar-refractivity contribution in [1.82, 2.24) is 9.97 Å². The van der Waals surface area contributed by atoms with Gasteiger partial charge in [-0.05, 0) is 23.8 Å². The summed E-state index contributed by atoms with van der Waals surface area (Å²) < 4.78 is 5.39. The number of fused-ring (bicyclic) bond motifs is 1. The first kappa shape index (κ1) is 13.4. The molecule has 0 aliphatic rings. The fourth-order valence-corrected chi connectivity index (χ4v) is 2.42. The van der Waals surface area contributed by atoms with Crippen LogP contribution in [-0.2, 0) is 6.42 Å². The molecule has 6 heteroatoms. The van der Waals surface area contributed by atoms with Crippen molar-refractivity contribution >= 4 is 11.0 Å². The van der Waals surface area contributed by atoms with Crippen LogP contribution < -0.4 is 16.9 Å². The summed E-state index contributed by atoms with van der Waals surface area (Å²) in [6.07, 6.45) is 2.38. The third kappa shape index (κ3) is 2.30. The molecule has 3 aromatic rings. The molecule has 108 valence electrons. The van der Waals surface area contributed by atoms with Gasteiger partial charge in [0.05, 0.1) is 23.3 Å². The summed E-state index contributed by atoms with van der Waals surface area (Å²) in [6.45, 7) is 2.00. The molecule has 0 saturated carbocycles. The summed E-state index contributed by atoms with van der Waals surface area (Å²) in [7, 11) is 0. The molecular weight excluding hydrogens is 270 g/mol. The second-order valence-corrected chi connectivity index (χ2v) is 4.84. The van der Waals surface area contributed by atoms with Crippen LogP contribution in [0.4, 0.5) is 0 Å². The van der Waals surface area contributed by atoms with Crippen molar-refractivity contribution in [3.63, 3.8) is 0 Å². The quantitative estimate of drug-likeness (QED) is 0.633. The Kier molecular flexibility index (Phi) is 3.23. The first-order chi connectivity index (χ1) is 10.1. The number of furan rings is 1. The van der Waals surface area contributed by atoms with Crippen molar-refractivity contribution < 1.29 is 4.42 Å². The van der Waals surface area contributed by atoms with Gasteiger partial charge in [-0.3, -0.25) is 9.59 Å². The van der Waals surface area contributed by atoms with Crippen LogP contribution in [0, 0.1) is 0 Å². The minimum atomic E-state index is -0.675. The molecule has 4 N–H and O–H groups in total. The summed E-state index contributed by atoms with van der Waals surface area (Å²) in [6, 6.07) is 6.83. The molecule has 2 aromatic heterocycles. The summed E-state index contributed by atoms with van der Waals surface area (Å²) >= 11 is 0. The average Bonchev–Trinajstić information content (AvgIpc) is 2.95. The van der Waals surface area contributed by atoms with Crippen LogP contribution in [0.3, 0.4) is 0 Å². The molecule has 6 nitrogen and oxygen atoms in total. The van der Waals surface area contributed by atoms with Crippen LogP contribution in [-0.4, -0.2) is 9.97 Å². The molecule has 3 rings (SSSR count). The molecule has 1 unspecified atom stereocenters. The van der Waals surface area contributed by atoms with Gasteiger partial charge in [0.2, 0.25) is 0 Å². The van der Waals surface area contributed by atoms with E-state index in [1.54, 1.807) is 18.4 Å². The average molecular weight is 285 g/mol. The van der Waals surface area contributed by atoms with Gasteiger partial charge in [-0.2, -0.15) is 0 Å². The Balaban J connectivity index is 2.10. The van der Waals surface area contributed by atoms with Gasteiger partial charge >= 0.3 is 11.1 Å². The van der Waals surface area contributed by atoms with Gasteiger partial charge in [0.25, 0.3) is 0 Å². The number of hydrogen-bond acceptors (Lipinski definition) is 4. The van der Waals surface area contributed by atoms with Crippen LogP contribution in [0.2, 0.25) is 0 Å². The number of aromatic nitrogens is 2. The van der Waals surface area contributed by atoms with E-state index in [2.05, 4.69) is 9.97 Å². The van der Waals surface area contributed by atoms with E-state index in [0.29, 0.717) is 11.0 Å². The molecule has 0 fully saturated rings. The van der Waals surface area contributed by atoms with Crippen LogP contribution >= 0.6 is 0 Å². The summed E-state index contributed by atoms with van der Waals surface area (Å²) in [5.41, 5.74) is 7.81. The molecular formula is C15H15N3O3. The van der Waals surface area contributed by atoms with Gasteiger partial charge in [-0.15, -0.1) is 0 Å². The number of rotatable bonds is 3. The van der Waals surface area contributed by atoms with Gasteiger partial charge < -0.3 is 20.1 Å². The van der Waals surface area contributed by atoms with E-state index in [1.165, 1.54) is 0 Å². The van der Waals surface area contributed by atoms with E-state index in [4.69, 9.17) is 10.2 Å². The zero-order chi connectivity index (χ0) is 15.0. The second kappa shape index (κ2) is 5.06. The highest BCUT2D eigenvalue weighted by atomic mass is 16.3. The van der Waals surface area contributed by atoms with E-state index >= 15 is 0 Å². The van der Waals surface area contributed by atoms with Crippen molar-refractivity contribution in [2.24, 2.45) is 5.73 Å². The van der Waals surface area contributed by atoms with Crippen molar-refractivity contribution in [1.29, 1.82) is 0 Å². The normalized spacial score (nSPS) is 12.7. The molecule has 0 spiro atoms. The molecule has 0 saturated heterocycles. The molecule has 0 bridgehead atoms. The van der Waals surface area contributed by atoms with Crippen LogP contribution in [0.5, 0.6) is 0 Å². The maximum absolute atomic E-state index is 11.4. The predicted octanol–water partition coefficient (Wildman–Crippen LogP) is 1.42. The van der Waals surface area contributed by atoms with Crippen molar-refractivity contribution in [3.05, 3.63) is 68.1 Å². The molecule has 0 aliphatic carbocycles. The second-order valence-electron chi connectivity index (χ2n) is 4.84. The predicted molar refractivity (Wildman–Crippen MR) is 79.3 cm³/mol. The van der Waals surface area contributed by atoms with Crippen molar-refractivity contribution in [2.45, 2.75) is 19.4 Å². The minimum absolute atomic E-state index is 0.349. The number of benzene rings is 1. The van der Waals surface area contributed by atoms with Gasteiger partial charge in [0, 0.05) is 12.0 Å². The lowest BCUT2D eigenvalue weighted by Crippen LogP contribution is -2.29. The summed E-state index contributed by atoms with van der Waals surface area (Å²) in [5.74, 6) is 0.845. The zero-order valence-electron chi connectivity index (χ0n) is 11.5. The summed E-state index contributed by atoms with van der Waals surface area (Å²) in [5, 5.41) is 0. The van der Waals surface area contributed by atoms with Gasteiger partial charge in [-0.1, -0.05) is 13.0 Å². The lowest BCUT2D eigenvalue weighted by atomic mass is 9.99. The van der Waals surface area contributed by atoms with Gasteiger partial charge in [-0.25, -0.2) is 0 Å². The van der Waals surface area contributed by atoms with Gasteiger partial charge in [0.1, 0.15) is 5.76 Å². The third-order valence-corrected chi connectivity index (χ3v) is 3.54. The SMILES string of the molecule is CCc1occc1C(N)c1ccc2[nH]c(=O)c(=O)[nH]c2c1. The Morgan fingerprint density at radius 3 is 2.57 bits per heavy atom. The molecule has 1 atom stereocenters. The van der Waals surface area contributed by atoms with E-state index in [0.717, 1.165) is 23.3 Å². The molecule has 0 amide bonds. The Hall–Kier alpha value is -2.60. The van der Waals surface area contributed by atoms with Crippen molar-refractivity contribution in [3.8, 4) is 0 Å². The van der Waals surface area contributed by atoms with Crippen LogP contribution in [0.15, 0.2) is 44.5 Å². The Morgan fingerprint density at radius 1 is 1.14 bits per heavy atom. The Bertz CT molecular complexity index is 904. The lowest BCUT2D eigenvalue weighted by Gasteiger charge is -2.12. The van der Waals surface area contributed by atoms with E-state index < -0.39 is 11.1 Å². The molecule has 21 heavy (non-hydrogen) atoms. The number of nitrogens with one attached hydrogen (secondary N) is 2. The number of H-pyrrole nitrogens is 2. The van der Waals surface area contributed by atoms with E-state index in [1.807, 2.05) is 19.1 Å². The van der Waals surface area contributed by atoms with E-state index in [-0.39, 0.29) is 6.04 Å². The molecule has 0 aliphatic heterocycles. The maximum Gasteiger partial charge on any atom is 0.314 e. The monoisotopic (exact) mass is 285 g/mol. The maximum atomic E-state index is 11.4. The highest BCUT2D eigenvalue weighted by Crippen LogP contribution is 2.25. The van der Waals surface area contributed by atoms with E-state index in [9.17, 15) is 9.59 Å². The topological polar surface area (TPSA) is 105 Å². The standard InChI is InChI=1S/C15H15N3O3/c1-2-12-9(5-6-21-12)13(16)8-3-4-10-11(7-8)18-15(20)14(19)17-10/h3-7,13H,2,16H2,1H3,(H,17,19)(H,18,20). The Labute approximate surface area is 119 Å². The Morgan fingerprint density at radius 2 is 1.86 bits per heavy atom. The van der Waals surface area contributed by atoms with Crippen molar-refractivity contribution in [2.75, 3.05) is 0 Å². The van der Waals surface area contributed by atoms with Gasteiger partial charge in [0.15, 0.2) is 0 Å². The smallest absolute Gasteiger partial charge is 0.314 e. The lowest BCUT2D eigenvalue weighted by molar-refractivity contribution is 0.509. The first-order valence-electron chi connectivity index (χ1n) is 6.68. The van der Waals surface area contributed by atoms with Crippen LogP contribution in [0.1, 0.15) is 29.9 Å². The first-order valence-corrected chi connectivity index (χ1v) is 6.68. The molecule has 2 heterocycles. The zero-order valence-corrected chi connectivity index (χ0v) is 11.5. The fourth-order valence-electron chi connectivity index (χ4n) is 2.42. The molecule has 1 aromatic carbocycles. The number of nitrogens with two attached hydrogens (primary N) is 1. The highest BCUT2D eigenvalue weighted by molar-refractivity contribution is 5.74. The largest absolute Gasteiger partial charge is 0.469 e. The number of hydrogen-bond donors (Lipinski definition) is 3. The van der Waals surface area contributed by atoms with Crippen LogP contribution in [0.25, 0.3) is 11.0 Å². The number of aromatic amines is 2. The summed E-state index contributed by atoms with van der Waals surface area (Å²) in [4.78, 5) is 27.8. The minimum Gasteiger partial charge on any atom is -0.469 e. The third-order valence-electron chi connectivity index (χ3n) is 3.54.